The second-order valence-electron chi connectivity index (χ2n) is 5.51. The predicted molar refractivity (Wildman–Crippen MR) is 89.1 cm³/mol. The van der Waals surface area contributed by atoms with Gasteiger partial charge in [-0.2, -0.15) is 0 Å². The zero-order valence-electron chi connectivity index (χ0n) is 13.7. The van der Waals surface area contributed by atoms with Crippen LogP contribution in [-0.2, 0) is 11.3 Å². The molecule has 3 rings (SSSR count). The van der Waals surface area contributed by atoms with Gasteiger partial charge < -0.3 is 10.1 Å². The first-order chi connectivity index (χ1) is 12.1. The lowest BCUT2D eigenvalue weighted by Crippen LogP contribution is -2.34. The Morgan fingerprint density at radius 1 is 1.12 bits per heavy atom. The van der Waals surface area contributed by atoms with Crippen LogP contribution in [-0.4, -0.2) is 41.3 Å². The van der Waals surface area contributed by atoms with Crippen molar-refractivity contribution in [1.29, 1.82) is 0 Å². The van der Waals surface area contributed by atoms with Gasteiger partial charge in [0.1, 0.15) is 0 Å². The molecule has 0 saturated carbocycles. The number of aromatic nitrogens is 1. The second kappa shape index (κ2) is 7.12. The average molecular weight is 339 g/mol. The average Bonchev–Trinajstić information content (AvgIpc) is 2.89. The van der Waals surface area contributed by atoms with Gasteiger partial charge >= 0.3 is 0 Å². The Labute approximate surface area is 144 Å². The summed E-state index contributed by atoms with van der Waals surface area (Å²) < 4.78 is 5.12. The van der Waals surface area contributed by atoms with Gasteiger partial charge in [0.25, 0.3) is 11.8 Å². The molecule has 2 heterocycles. The van der Waals surface area contributed by atoms with Crippen molar-refractivity contribution in [2.45, 2.75) is 13.0 Å². The number of rotatable bonds is 6. The molecule has 7 nitrogen and oxygen atoms in total. The number of nitrogens with one attached hydrogen (secondary N) is 1. The number of benzene rings is 1. The maximum absolute atomic E-state index is 12.2. The second-order valence-corrected chi connectivity index (χ2v) is 5.51. The number of hydrogen-bond acceptors (Lipinski definition) is 5. The molecule has 1 aliphatic rings. The SMILES string of the molecule is COc1ncccc1CNC(=O)CCN1C(=O)c2ccccc2C1=O. The fourth-order valence-electron chi connectivity index (χ4n) is 2.68. The summed E-state index contributed by atoms with van der Waals surface area (Å²) in [6, 6.07) is 10.2. The molecule has 0 saturated heterocycles. The summed E-state index contributed by atoms with van der Waals surface area (Å²) in [6.45, 7) is 0.306. The minimum Gasteiger partial charge on any atom is -0.481 e. The number of ether oxygens (including phenoxy) is 1. The van der Waals surface area contributed by atoms with Crippen LogP contribution in [0.5, 0.6) is 5.88 Å². The Hall–Kier alpha value is -3.22. The summed E-state index contributed by atoms with van der Waals surface area (Å²) in [5, 5.41) is 2.74. The van der Waals surface area contributed by atoms with Crippen molar-refractivity contribution in [3.05, 3.63) is 59.3 Å². The standard InChI is InChI=1S/C18H17N3O4/c1-25-16-12(5-4-9-19-16)11-20-15(22)8-10-21-17(23)13-6-2-3-7-14(13)18(21)24/h2-7,9H,8,10-11H2,1H3,(H,20,22). The lowest BCUT2D eigenvalue weighted by Gasteiger charge is -2.14. The van der Waals surface area contributed by atoms with Crippen molar-refractivity contribution in [2.24, 2.45) is 0 Å². The van der Waals surface area contributed by atoms with E-state index in [1.165, 1.54) is 7.11 Å². The summed E-state index contributed by atoms with van der Waals surface area (Å²) in [7, 11) is 1.51. The monoisotopic (exact) mass is 339 g/mol. The van der Waals surface area contributed by atoms with Crippen LogP contribution in [0.4, 0.5) is 0 Å². The predicted octanol–water partition coefficient (Wildman–Crippen LogP) is 1.39. The first-order valence-electron chi connectivity index (χ1n) is 7.81. The smallest absolute Gasteiger partial charge is 0.261 e. The third-order valence-electron chi connectivity index (χ3n) is 3.96. The Kier molecular flexibility index (Phi) is 4.74. The Bertz CT molecular complexity index is 800. The molecule has 7 heteroatoms. The van der Waals surface area contributed by atoms with Gasteiger partial charge in [-0.3, -0.25) is 19.3 Å². The van der Waals surface area contributed by atoms with Crippen LogP contribution in [0, 0.1) is 0 Å². The molecule has 1 aliphatic heterocycles. The van der Waals surface area contributed by atoms with E-state index in [0.29, 0.717) is 17.0 Å². The van der Waals surface area contributed by atoms with E-state index in [1.54, 1.807) is 42.6 Å². The third kappa shape index (κ3) is 3.35. The highest BCUT2D eigenvalue weighted by atomic mass is 16.5. The molecule has 0 fully saturated rings. The van der Waals surface area contributed by atoms with Gasteiger partial charge in [0.15, 0.2) is 0 Å². The summed E-state index contributed by atoms with van der Waals surface area (Å²) >= 11 is 0. The van der Waals surface area contributed by atoms with Crippen molar-refractivity contribution in [3.8, 4) is 5.88 Å². The quantitative estimate of drug-likeness (QED) is 0.804. The highest BCUT2D eigenvalue weighted by Gasteiger charge is 2.34. The van der Waals surface area contributed by atoms with Gasteiger partial charge in [0.2, 0.25) is 11.8 Å². The van der Waals surface area contributed by atoms with Crippen molar-refractivity contribution < 1.29 is 19.1 Å². The molecule has 0 aliphatic carbocycles. The molecule has 0 atom stereocenters. The number of amides is 3. The Morgan fingerprint density at radius 3 is 2.44 bits per heavy atom. The molecular formula is C18H17N3O4. The van der Waals surface area contributed by atoms with Crippen molar-refractivity contribution >= 4 is 17.7 Å². The summed E-state index contributed by atoms with van der Waals surface area (Å²) in [6.07, 6.45) is 1.64. The van der Waals surface area contributed by atoms with Gasteiger partial charge in [-0.15, -0.1) is 0 Å². The number of hydrogen-bond donors (Lipinski definition) is 1. The van der Waals surface area contributed by atoms with Crippen LogP contribution < -0.4 is 10.1 Å². The van der Waals surface area contributed by atoms with Crippen molar-refractivity contribution in [3.63, 3.8) is 0 Å². The van der Waals surface area contributed by atoms with Crippen LogP contribution in [0.1, 0.15) is 32.7 Å². The van der Waals surface area contributed by atoms with Crippen molar-refractivity contribution in [1.82, 2.24) is 15.2 Å². The molecule has 0 unspecified atom stereocenters. The Morgan fingerprint density at radius 2 is 1.80 bits per heavy atom. The number of carbonyl (C=O) groups excluding carboxylic acids is 3. The molecule has 0 spiro atoms. The van der Waals surface area contributed by atoms with E-state index >= 15 is 0 Å². The lowest BCUT2D eigenvalue weighted by molar-refractivity contribution is -0.121. The van der Waals surface area contributed by atoms with E-state index in [9.17, 15) is 14.4 Å². The van der Waals surface area contributed by atoms with E-state index in [1.807, 2.05) is 0 Å². The zero-order valence-corrected chi connectivity index (χ0v) is 13.7. The first kappa shape index (κ1) is 16.6. The molecular weight excluding hydrogens is 322 g/mol. The number of pyridine rings is 1. The molecule has 3 amide bonds. The molecule has 1 N–H and O–H groups in total. The highest BCUT2D eigenvalue weighted by Crippen LogP contribution is 2.22. The van der Waals surface area contributed by atoms with Gasteiger partial charge in [0.05, 0.1) is 18.2 Å². The number of fused-ring (bicyclic) bond motifs is 1. The molecule has 0 radical (unpaired) electrons. The molecule has 0 bridgehead atoms. The van der Waals surface area contributed by atoms with E-state index < -0.39 is 0 Å². The molecule has 1 aromatic carbocycles. The van der Waals surface area contributed by atoms with Crippen LogP contribution in [0.25, 0.3) is 0 Å². The minimum absolute atomic E-state index is 0.0358. The molecule has 128 valence electrons. The van der Waals surface area contributed by atoms with Crippen LogP contribution in [0.2, 0.25) is 0 Å². The fraction of sp³-hybridized carbons (Fsp3) is 0.222. The van der Waals surface area contributed by atoms with Crippen molar-refractivity contribution in [2.75, 3.05) is 13.7 Å². The van der Waals surface area contributed by atoms with Crippen LogP contribution in [0.3, 0.4) is 0 Å². The summed E-state index contributed by atoms with van der Waals surface area (Å²) in [5.74, 6) is -0.532. The third-order valence-corrected chi connectivity index (χ3v) is 3.96. The van der Waals surface area contributed by atoms with Crippen LogP contribution >= 0.6 is 0 Å². The number of nitrogens with zero attached hydrogens (tertiary/aromatic N) is 2. The van der Waals surface area contributed by atoms with E-state index in [-0.39, 0.29) is 37.2 Å². The summed E-state index contributed by atoms with van der Waals surface area (Å²) in [4.78, 5) is 41.7. The number of imide groups is 1. The first-order valence-corrected chi connectivity index (χ1v) is 7.81. The van der Waals surface area contributed by atoms with E-state index in [4.69, 9.17) is 4.74 Å². The van der Waals surface area contributed by atoms with E-state index in [2.05, 4.69) is 10.3 Å². The number of carbonyl (C=O) groups is 3. The fourth-order valence-corrected chi connectivity index (χ4v) is 2.68. The van der Waals surface area contributed by atoms with Gasteiger partial charge in [-0.25, -0.2) is 4.98 Å². The topological polar surface area (TPSA) is 88.6 Å². The van der Waals surface area contributed by atoms with Gasteiger partial charge in [0, 0.05) is 31.3 Å². The molecule has 25 heavy (non-hydrogen) atoms. The van der Waals surface area contributed by atoms with Crippen LogP contribution in [0.15, 0.2) is 42.6 Å². The minimum atomic E-state index is -0.359. The summed E-state index contributed by atoms with van der Waals surface area (Å²) in [5.41, 5.74) is 1.51. The Balaban J connectivity index is 1.55. The number of methoxy groups -OCH3 is 1. The zero-order chi connectivity index (χ0) is 17.8. The largest absolute Gasteiger partial charge is 0.481 e. The molecule has 2 aromatic rings. The maximum Gasteiger partial charge on any atom is 0.261 e. The maximum atomic E-state index is 12.2. The van der Waals surface area contributed by atoms with Gasteiger partial charge in [-0.1, -0.05) is 18.2 Å². The van der Waals surface area contributed by atoms with E-state index in [0.717, 1.165) is 10.5 Å². The lowest BCUT2D eigenvalue weighted by atomic mass is 10.1. The normalized spacial score (nSPS) is 12.9. The molecule has 1 aromatic heterocycles. The highest BCUT2D eigenvalue weighted by molar-refractivity contribution is 6.21. The van der Waals surface area contributed by atoms with Gasteiger partial charge in [-0.05, 0) is 18.2 Å².